The Bertz CT molecular complexity index is 1770. The van der Waals surface area contributed by atoms with Crippen molar-refractivity contribution in [3.05, 3.63) is 29.0 Å². The maximum absolute atomic E-state index is 15.6. The fraction of sp³-hybridized carbons (Fsp3) is 0.567. The Hall–Kier alpha value is -4.55. The molecular formula is C30H34F2N10O6. The van der Waals surface area contributed by atoms with E-state index in [1.54, 1.807) is 0 Å². The van der Waals surface area contributed by atoms with Gasteiger partial charge >= 0.3 is 6.09 Å². The summed E-state index contributed by atoms with van der Waals surface area (Å²) in [7, 11) is 0. The number of aliphatic hydroxyl groups excluding tert-OH is 1. The minimum atomic E-state index is -0.698. The van der Waals surface area contributed by atoms with Gasteiger partial charge < -0.3 is 35.4 Å². The Morgan fingerprint density at radius 2 is 1.85 bits per heavy atom. The summed E-state index contributed by atoms with van der Waals surface area (Å²) in [5, 5.41) is 26.3. The third kappa shape index (κ3) is 5.56. The van der Waals surface area contributed by atoms with Crippen molar-refractivity contribution in [1.82, 2.24) is 40.5 Å². The van der Waals surface area contributed by atoms with Crippen molar-refractivity contribution < 1.29 is 37.7 Å². The molecule has 1 aliphatic carbocycles. The number of hydrogen-bond donors (Lipinski definition) is 4. The van der Waals surface area contributed by atoms with Gasteiger partial charge in [-0.3, -0.25) is 14.5 Å². The second kappa shape index (κ2) is 11.9. The number of nitrogens with zero attached hydrogens (tertiary/aromatic N) is 7. The number of rotatable bonds is 7. The summed E-state index contributed by atoms with van der Waals surface area (Å²) < 4.78 is 42.4. The topological polar surface area (TPSA) is 189 Å². The quantitative estimate of drug-likeness (QED) is 0.262. The third-order valence-electron chi connectivity index (χ3n) is 9.84. The lowest BCUT2D eigenvalue weighted by Gasteiger charge is -2.38. The van der Waals surface area contributed by atoms with Gasteiger partial charge in [-0.25, -0.2) is 23.5 Å². The average Bonchev–Trinajstić information content (AvgIpc) is 3.87. The number of likely N-dealkylation sites (tertiary alicyclic amines) is 1. The largest absolute Gasteiger partial charge is 0.465 e. The number of benzene rings is 1. The number of nitrogens with one attached hydrogen (secondary N) is 3. The molecule has 3 fully saturated rings. The molecule has 4 aliphatic heterocycles. The van der Waals surface area contributed by atoms with Crippen molar-refractivity contribution >= 4 is 40.6 Å². The van der Waals surface area contributed by atoms with Crippen LogP contribution in [0.3, 0.4) is 0 Å². The number of amides is 3. The maximum atomic E-state index is 15.6. The van der Waals surface area contributed by atoms with Crippen molar-refractivity contribution in [1.29, 1.82) is 0 Å². The zero-order valence-corrected chi connectivity index (χ0v) is 25.9. The van der Waals surface area contributed by atoms with Crippen molar-refractivity contribution in [2.45, 2.75) is 56.4 Å². The van der Waals surface area contributed by atoms with Gasteiger partial charge in [-0.1, -0.05) is 0 Å². The molecular weight excluding hydrogens is 634 g/mol. The Morgan fingerprint density at radius 1 is 1.12 bits per heavy atom. The maximum Gasteiger partial charge on any atom is 0.416 e. The smallest absolute Gasteiger partial charge is 0.416 e. The number of carbonyl (C=O) groups excluding carboxylic acids is 3. The van der Waals surface area contributed by atoms with Crippen molar-refractivity contribution in [3.8, 4) is 5.88 Å². The molecule has 0 saturated carbocycles. The van der Waals surface area contributed by atoms with E-state index in [1.165, 1.54) is 15.9 Å². The highest BCUT2D eigenvalue weighted by atomic mass is 19.1. The summed E-state index contributed by atoms with van der Waals surface area (Å²) in [5.41, 5.74) is -0.277. The molecule has 2 atom stereocenters. The van der Waals surface area contributed by atoms with E-state index in [0.717, 1.165) is 0 Å². The summed E-state index contributed by atoms with van der Waals surface area (Å²) in [5.74, 6) is -1.12. The third-order valence-corrected chi connectivity index (χ3v) is 9.84. The van der Waals surface area contributed by atoms with Gasteiger partial charge in [-0.15, -0.1) is 0 Å². The van der Waals surface area contributed by atoms with Crippen LogP contribution >= 0.6 is 0 Å². The van der Waals surface area contributed by atoms with Crippen LogP contribution in [0.2, 0.25) is 0 Å². The number of aliphatic hydroxyl groups is 1. The van der Waals surface area contributed by atoms with Crippen LogP contribution in [-0.4, -0.2) is 116 Å². The molecule has 16 nitrogen and oxygen atoms in total. The standard InChI is InChI=1S/C30H34F2N10O6/c31-22-17-7-15(8-18(17)23(32)25-24(22)38-42(39-25)6-3-33-27(45)19-9-16(43)10-34-19)12-40-4-1-30(2-5-40)14-41(29(46)48-30)20-11-35-28-26(36-20)37-21(44)13-47-28/h11,15-16,19,34,43H,1-10,12-14H2,(H,33,45)(H,36,37,44). The molecule has 5 aliphatic rings. The Balaban J connectivity index is 0.863. The van der Waals surface area contributed by atoms with Gasteiger partial charge in [0, 0.05) is 45.6 Å². The van der Waals surface area contributed by atoms with E-state index in [2.05, 4.69) is 41.0 Å². The van der Waals surface area contributed by atoms with Gasteiger partial charge in [0.1, 0.15) is 5.60 Å². The lowest BCUT2D eigenvalue weighted by atomic mass is 9.90. The molecule has 2 unspecified atom stereocenters. The van der Waals surface area contributed by atoms with Gasteiger partial charge in [-0.2, -0.15) is 15.0 Å². The van der Waals surface area contributed by atoms with Gasteiger partial charge in [0.2, 0.25) is 5.91 Å². The number of carbonyl (C=O) groups is 3. The van der Waals surface area contributed by atoms with E-state index < -0.39 is 35.5 Å². The number of piperidine rings is 1. The van der Waals surface area contributed by atoms with Crippen LogP contribution in [0.5, 0.6) is 5.88 Å². The Kier molecular flexibility index (Phi) is 7.59. The summed E-state index contributed by atoms with van der Waals surface area (Å²) in [6, 6.07) is -0.476. The molecule has 0 bridgehead atoms. The van der Waals surface area contributed by atoms with E-state index in [1.807, 2.05) is 0 Å². The molecule has 48 heavy (non-hydrogen) atoms. The fourth-order valence-corrected chi connectivity index (χ4v) is 7.37. The van der Waals surface area contributed by atoms with Crippen molar-refractivity contribution in [3.63, 3.8) is 0 Å². The second-order valence-electron chi connectivity index (χ2n) is 13.2. The summed E-state index contributed by atoms with van der Waals surface area (Å²) >= 11 is 0. The van der Waals surface area contributed by atoms with Gasteiger partial charge in [0.05, 0.1) is 31.4 Å². The van der Waals surface area contributed by atoms with E-state index in [9.17, 15) is 19.5 Å². The van der Waals surface area contributed by atoms with Crippen LogP contribution in [0, 0.1) is 17.6 Å². The lowest BCUT2D eigenvalue weighted by molar-refractivity contribution is -0.123. The molecule has 8 rings (SSSR count). The highest BCUT2D eigenvalue weighted by Gasteiger charge is 2.48. The van der Waals surface area contributed by atoms with Crippen LogP contribution in [0.25, 0.3) is 11.0 Å². The number of aromatic nitrogens is 5. The summed E-state index contributed by atoms with van der Waals surface area (Å²) in [6.07, 6.45) is 2.56. The predicted octanol–water partition coefficient (Wildman–Crippen LogP) is -0.124. The molecule has 4 N–H and O–H groups in total. The van der Waals surface area contributed by atoms with Gasteiger partial charge in [-0.05, 0) is 36.3 Å². The van der Waals surface area contributed by atoms with Crippen LogP contribution < -0.4 is 25.6 Å². The summed E-state index contributed by atoms with van der Waals surface area (Å²) in [4.78, 5) is 50.2. The monoisotopic (exact) mass is 668 g/mol. The molecule has 3 aromatic rings. The first-order valence-corrected chi connectivity index (χ1v) is 16.1. The predicted molar refractivity (Wildman–Crippen MR) is 162 cm³/mol. The van der Waals surface area contributed by atoms with Crippen LogP contribution in [0.4, 0.5) is 25.2 Å². The number of β-amino-alcohol motifs (C(OH)–C–C–N with tert-alkyl or cyclic N) is 1. The molecule has 18 heteroatoms. The first-order chi connectivity index (χ1) is 23.1. The molecule has 3 amide bonds. The number of ether oxygens (including phenoxy) is 2. The molecule has 3 saturated heterocycles. The second-order valence-corrected chi connectivity index (χ2v) is 13.2. The number of fused-ring (bicyclic) bond motifs is 3. The zero-order valence-electron chi connectivity index (χ0n) is 25.9. The number of halogens is 2. The first kappa shape index (κ1) is 30.8. The normalized spacial score (nSPS) is 23.7. The highest BCUT2D eigenvalue weighted by Crippen LogP contribution is 2.39. The molecule has 254 valence electrons. The van der Waals surface area contributed by atoms with E-state index in [0.29, 0.717) is 69.4 Å². The first-order valence-electron chi connectivity index (χ1n) is 16.1. The van der Waals surface area contributed by atoms with Crippen LogP contribution in [-0.2, 0) is 33.7 Å². The van der Waals surface area contributed by atoms with Crippen LogP contribution in [0.15, 0.2) is 6.20 Å². The Labute approximate surface area is 272 Å². The zero-order chi connectivity index (χ0) is 33.2. The minimum Gasteiger partial charge on any atom is -0.465 e. The van der Waals surface area contributed by atoms with Crippen LogP contribution in [0.1, 0.15) is 30.4 Å². The van der Waals surface area contributed by atoms with Gasteiger partial charge in [0.15, 0.2) is 40.9 Å². The van der Waals surface area contributed by atoms with Crippen molar-refractivity contribution in [2.24, 2.45) is 5.92 Å². The molecule has 1 aromatic carbocycles. The Morgan fingerprint density at radius 3 is 2.54 bits per heavy atom. The molecule has 0 radical (unpaired) electrons. The van der Waals surface area contributed by atoms with Gasteiger partial charge in [0.25, 0.3) is 11.8 Å². The molecule has 6 heterocycles. The van der Waals surface area contributed by atoms with E-state index in [-0.39, 0.29) is 72.5 Å². The SMILES string of the molecule is O=C1COc2ncc(N3CC4(CCN(CC5Cc6c(c(F)c7nn(CCNC(=O)C8CC(O)CN8)nc7c6F)C5)CC4)OC3=O)nc2N1. The summed E-state index contributed by atoms with van der Waals surface area (Å²) in [6.45, 7) is 2.73. The molecule has 2 aromatic heterocycles. The van der Waals surface area contributed by atoms with Crippen molar-refractivity contribution in [2.75, 3.05) is 56.1 Å². The average molecular weight is 669 g/mol. The number of anilines is 2. The minimum absolute atomic E-state index is 0.000401. The van der Waals surface area contributed by atoms with E-state index >= 15 is 8.78 Å². The lowest BCUT2D eigenvalue weighted by Crippen LogP contribution is -2.48. The fourth-order valence-electron chi connectivity index (χ4n) is 7.37. The van der Waals surface area contributed by atoms with E-state index in [4.69, 9.17) is 9.47 Å². The number of hydrogen-bond acceptors (Lipinski definition) is 12. The highest BCUT2D eigenvalue weighted by molar-refractivity contribution is 5.95. The molecule has 1 spiro atoms.